The Balaban J connectivity index is 2.82. The maximum absolute atomic E-state index is 11.1. The van der Waals surface area contributed by atoms with E-state index in [1.54, 1.807) is 12.1 Å². The average Bonchev–Trinajstić information content (AvgIpc) is 2.49. The summed E-state index contributed by atoms with van der Waals surface area (Å²) in [5.74, 6) is -0.0112. The number of H-pyrrole nitrogens is 1. The molecule has 0 aliphatic rings. The van der Waals surface area contributed by atoms with E-state index in [1.807, 2.05) is 0 Å². The highest BCUT2D eigenvalue weighted by Gasteiger charge is 2.07. The topological polar surface area (TPSA) is 58.6 Å². The van der Waals surface area contributed by atoms with E-state index in [9.17, 15) is 4.79 Å². The van der Waals surface area contributed by atoms with Gasteiger partial charge in [0.15, 0.2) is 5.78 Å². The number of hydrogen-bond donors (Lipinski definition) is 1. The average molecular weight is 160 g/mol. The van der Waals surface area contributed by atoms with Gasteiger partial charge in [-0.15, -0.1) is 5.10 Å². The fourth-order valence-electron chi connectivity index (χ4n) is 1.09. The molecule has 59 valence electrons. The second-order valence-corrected chi connectivity index (χ2v) is 2.48. The molecule has 4 nitrogen and oxygen atoms in total. The van der Waals surface area contributed by atoms with Crippen molar-refractivity contribution in [2.24, 2.45) is 0 Å². The van der Waals surface area contributed by atoms with Gasteiger partial charge in [-0.1, -0.05) is 11.3 Å². The van der Waals surface area contributed by atoms with Gasteiger partial charge in [-0.25, -0.2) is 0 Å². The third-order valence-electron chi connectivity index (χ3n) is 1.66. The van der Waals surface area contributed by atoms with Crippen molar-refractivity contribution in [2.75, 3.05) is 0 Å². The first-order valence-corrected chi connectivity index (χ1v) is 3.51. The Morgan fingerprint density at radius 3 is 3.25 bits per heavy atom. The number of hydrogen-bond acceptors (Lipinski definition) is 3. The molecule has 2 aromatic rings. The SMILES string of the molecule is CC(=O)c1cc[c]c2[nH]nnc12. The fraction of sp³-hybridized carbons (Fsp3) is 0.125. The monoisotopic (exact) mass is 160 g/mol. The first-order chi connectivity index (χ1) is 5.79. The van der Waals surface area contributed by atoms with E-state index in [4.69, 9.17) is 0 Å². The third-order valence-corrected chi connectivity index (χ3v) is 1.66. The molecule has 0 fully saturated rings. The highest BCUT2D eigenvalue weighted by molar-refractivity contribution is 6.04. The molecule has 0 bridgehead atoms. The molecule has 2 rings (SSSR count). The predicted molar refractivity (Wildman–Crippen MR) is 42.7 cm³/mol. The van der Waals surface area contributed by atoms with Crippen molar-refractivity contribution in [1.29, 1.82) is 0 Å². The number of ketones is 1. The summed E-state index contributed by atoms with van der Waals surface area (Å²) in [4.78, 5) is 11.1. The van der Waals surface area contributed by atoms with Crippen molar-refractivity contribution in [3.05, 3.63) is 23.8 Å². The van der Waals surface area contributed by atoms with Gasteiger partial charge in [0.05, 0.1) is 5.52 Å². The summed E-state index contributed by atoms with van der Waals surface area (Å²) in [6, 6.07) is 6.26. The lowest BCUT2D eigenvalue weighted by Gasteiger charge is -1.93. The third kappa shape index (κ3) is 0.887. The molecule has 0 spiro atoms. The molecule has 1 aromatic heterocycles. The van der Waals surface area contributed by atoms with E-state index in [1.165, 1.54) is 6.92 Å². The Kier molecular flexibility index (Phi) is 1.40. The van der Waals surface area contributed by atoms with Crippen LogP contribution in [0.2, 0.25) is 0 Å². The molecule has 0 atom stereocenters. The molecule has 0 aliphatic carbocycles. The van der Waals surface area contributed by atoms with Crippen molar-refractivity contribution in [1.82, 2.24) is 15.4 Å². The second kappa shape index (κ2) is 2.41. The van der Waals surface area contributed by atoms with Crippen LogP contribution in [0.3, 0.4) is 0 Å². The lowest BCUT2D eigenvalue weighted by atomic mass is 10.1. The van der Waals surface area contributed by atoms with Gasteiger partial charge in [0.1, 0.15) is 5.52 Å². The number of nitrogens with zero attached hydrogens (tertiary/aromatic N) is 2. The minimum Gasteiger partial charge on any atom is -0.294 e. The van der Waals surface area contributed by atoms with Crippen molar-refractivity contribution in [3.63, 3.8) is 0 Å². The summed E-state index contributed by atoms with van der Waals surface area (Å²) in [6.45, 7) is 1.50. The number of nitrogens with one attached hydrogen (secondary N) is 1. The predicted octanol–water partition coefficient (Wildman–Crippen LogP) is 0.961. The zero-order valence-electron chi connectivity index (χ0n) is 6.46. The van der Waals surface area contributed by atoms with Crippen LogP contribution < -0.4 is 0 Å². The molecule has 0 unspecified atom stereocenters. The Morgan fingerprint density at radius 1 is 1.67 bits per heavy atom. The molecule has 1 radical (unpaired) electrons. The first kappa shape index (κ1) is 6.97. The highest BCUT2D eigenvalue weighted by atomic mass is 16.1. The standard InChI is InChI=1S/C8H6N3O/c1-5(12)6-3-2-4-7-8(6)10-11-9-7/h2-3H,1H3,(H,9,10,11). The normalized spacial score (nSPS) is 10.4. The Morgan fingerprint density at radius 2 is 2.50 bits per heavy atom. The van der Waals surface area contributed by atoms with Crippen LogP contribution >= 0.6 is 0 Å². The second-order valence-electron chi connectivity index (χ2n) is 2.48. The van der Waals surface area contributed by atoms with Gasteiger partial charge in [0, 0.05) is 11.6 Å². The maximum atomic E-state index is 11.1. The zero-order chi connectivity index (χ0) is 8.55. The number of benzene rings is 1. The Bertz CT molecular complexity index is 433. The molecule has 0 saturated heterocycles. The van der Waals surface area contributed by atoms with E-state index in [2.05, 4.69) is 21.5 Å². The molecule has 1 aromatic carbocycles. The number of carbonyl (C=O) groups is 1. The largest absolute Gasteiger partial charge is 0.294 e. The summed E-state index contributed by atoms with van der Waals surface area (Å²) in [7, 11) is 0. The van der Waals surface area contributed by atoms with E-state index in [0.717, 1.165) is 0 Å². The quantitative estimate of drug-likeness (QED) is 0.632. The Labute approximate surface area is 68.6 Å². The van der Waals surface area contributed by atoms with Crippen LogP contribution in [0.5, 0.6) is 0 Å². The zero-order valence-corrected chi connectivity index (χ0v) is 6.46. The van der Waals surface area contributed by atoms with Crippen molar-refractivity contribution < 1.29 is 4.79 Å². The molecular formula is C8H6N3O. The van der Waals surface area contributed by atoms with Gasteiger partial charge in [0.2, 0.25) is 0 Å². The van der Waals surface area contributed by atoms with E-state index in [0.29, 0.717) is 16.6 Å². The summed E-state index contributed by atoms with van der Waals surface area (Å²) < 4.78 is 0. The van der Waals surface area contributed by atoms with Gasteiger partial charge in [0.25, 0.3) is 0 Å². The highest BCUT2D eigenvalue weighted by Crippen LogP contribution is 2.12. The summed E-state index contributed by atoms with van der Waals surface area (Å²) in [5, 5.41) is 10.0. The van der Waals surface area contributed by atoms with Crippen LogP contribution in [-0.4, -0.2) is 21.2 Å². The summed E-state index contributed by atoms with van der Waals surface area (Å²) in [6.07, 6.45) is 0. The van der Waals surface area contributed by atoms with Crippen LogP contribution in [0.1, 0.15) is 17.3 Å². The molecule has 1 N–H and O–H groups in total. The molecule has 0 amide bonds. The fourth-order valence-corrected chi connectivity index (χ4v) is 1.09. The molecule has 12 heavy (non-hydrogen) atoms. The maximum Gasteiger partial charge on any atom is 0.162 e. The molecule has 1 heterocycles. The van der Waals surface area contributed by atoms with Gasteiger partial charge in [-0.2, -0.15) is 0 Å². The smallest absolute Gasteiger partial charge is 0.162 e. The van der Waals surface area contributed by atoms with Crippen molar-refractivity contribution >= 4 is 16.8 Å². The number of aromatic amines is 1. The van der Waals surface area contributed by atoms with E-state index >= 15 is 0 Å². The molecule has 0 saturated carbocycles. The van der Waals surface area contributed by atoms with E-state index in [-0.39, 0.29) is 5.78 Å². The number of carbonyl (C=O) groups excluding carboxylic acids is 1. The van der Waals surface area contributed by atoms with Crippen LogP contribution in [0, 0.1) is 6.07 Å². The number of rotatable bonds is 1. The van der Waals surface area contributed by atoms with Gasteiger partial charge in [-0.05, 0) is 13.0 Å². The summed E-state index contributed by atoms with van der Waals surface area (Å²) >= 11 is 0. The van der Waals surface area contributed by atoms with Crippen LogP contribution in [0.15, 0.2) is 12.1 Å². The Hall–Kier alpha value is -1.71. The van der Waals surface area contributed by atoms with Crippen LogP contribution in [-0.2, 0) is 0 Å². The summed E-state index contributed by atoms with van der Waals surface area (Å²) in [5.41, 5.74) is 1.84. The number of aromatic nitrogens is 3. The lowest BCUT2D eigenvalue weighted by Crippen LogP contribution is -1.92. The minimum absolute atomic E-state index is 0.0112. The van der Waals surface area contributed by atoms with Gasteiger partial charge < -0.3 is 0 Å². The lowest BCUT2D eigenvalue weighted by molar-refractivity contribution is 0.101. The molecule has 4 heteroatoms. The van der Waals surface area contributed by atoms with Crippen LogP contribution in [0.25, 0.3) is 11.0 Å². The van der Waals surface area contributed by atoms with Gasteiger partial charge >= 0.3 is 0 Å². The molecular weight excluding hydrogens is 154 g/mol. The first-order valence-electron chi connectivity index (χ1n) is 3.51. The number of fused-ring (bicyclic) bond motifs is 1. The van der Waals surface area contributed by atoms with E-state index < -0.39 is 0 Å². The van der Waals surface area contributed by atoms with Crippen molar-refractivity contribution in [3.8, 4) is 0 Å². The van der Waals surface area contributed by atoms with Gasteiger partial charge in [-0.3, -0.25) is 9.89 Å². The van der Waals surface area contributed by atoms with Crippen molar-refractivity contribution in [2.45, 2.75) is 6.92 Å². The molecule has 0 aliphatic heterocycles. The minimum atomic E-state index is -0.0112. The van der Waals surface area contributed by atoms with Crippen LogP contribution in [0.4, 0.5) is 0 Å². The number of Topliss-reactive ketones (excluding diaryl/α,β-unsaturated/α-hetero) is 1.